The van der Waals surface area contributed by atoms with E-state index in [0.717, 1.165) is 41.4 Å². The number of nitrogens with one attached hydrogen (secondary N) is 1. The molecule has 1 aliphatic carbocycles. The van der Waals surface area contributed by atoms with Crippen LogP contribution in [0.5, 0.6) is 0 Å². The molecule has 11 heteroatoms. The smallest absolute Gasteiger partial charge is 0.259 e. The van der Waals surface area contributed by atoms with Crippen LogP contribution < -0.4 is 21.8 Å². The van der Waals surface area contributed by atoms with Crippen molar-refractivity contribution < 1.29 is 13.6 Å². The summed E-state index contributed by atoms with van der Waals surface area (Å²) in [7, 11) is 0. The van der Waals surface area contributed by atoms with Crippen LogP contribution in [0.1, 0.15) is 47.7 Å². The van der Waals surface area contributed by atoms with Gasteiger partial charge in [-0.15, -0.1) is 5.10 Å². The summed E-state index contributed by atoms with van der Waals surface area (Å²) in [5, 5.41) is 12.3. The Bertz CT molecular complexity index is 1330. The van der Waals surface area contributed by atoms with E-state index < -0.39 is 12.0 Å². The summed E-state index contributed by atoms with van der Waals surface area (Å²) in [4.78, 5) is 15.6. The van der Waals surface area contributed by atoms with E-state index in [0.29, 0.717) is 22.7 Å². The van der Waals surface area contributed by atoms with Crippen molar-refractivity contribution in [3.63, 3.8) is 0 Å². The lowest BCUT2D eigenvalue weighted by Crippen LogP contribution is -2.52. The number of rotatable bonds is 6. The summed E-state index contributed by atoms with van der Waals surface area (Å²) in [5.41, 5.74) is 10.2. The van der Waals surface area contributed by atoms with Gasteiger partial charge in [0.2, 0.25) is 0 Å². The zero-order valence-corrected chi connectivity index (χ0v) is 20.3. The Morgan fingerprint density at radius 2 is 2.06 bits per heavy atom. The summed E-state index contributed by atoms with van der Waals surface area (Å²) in [5.74, 6) is 3.52. The first-order valence-corrected chi connectivity index (χ1v) is 12.0. The van der Waals surface area contributed by atoms with Crippen molar-refractivity contribution in [3.8, 4) is 0 Å². The fraction of sp³-hybridized carbons (Fsp3) is 0.400. The highest BCUT2D eigenvalue weighted by Crippen LogP contribution is 2.39. The number of amidine groups is 1. The highest BCUT2D eigenvalue weighted by Gasteiger charge is 2.47. The minimum absolute atomic E-state index is 0.0729. The molecule has 2 aliphatic rings. The Morgan fingerprint density at radius 3 is 2.75 bits per heavy atom. The molecule has 36 heavy (non-hydrogen) atoms. The zero-order chi connectivity index (χ0) is 25.6. The molecule has 1 saturated heterocycles. The first kappa shape index (κ1) is 24.0. The Balaban J connectivity index is 1.35. The maximum atomic E-state index is 13.2. The normalized spacial score (nSPS) is 20.0. The molecule has 1 aliphatic heterocycles. The third kappa shape index (κ3) is 4.70. The van der Waals surface area contributed by atoms with E-state index >= 15 is 0 Å². The predicted molar refractivity (Wildman–Crippen MR) is 135 cm³/mol. The second-order valence-corrected chi connectivity index (χ2v) is 9.88. The largest absolute Gasteiger partial charge is 0.382 e. The number of nitrogens with zero attached hydrogens (tertiary/aromatic N) is 5. The summed E-state index contributed by atoms with van der Waals surface area (Å²) in [6, 6.07) is 8.68. The SMILES string of the molecule is Cc1ccc(/C(N)=N/N(N)C2CC(F)(F)C2)cc1NC(=O)c1cnn2ccc(N3CCC(C)C3)cc12. The molecule has 0 spiro atoms. The number of hydrogen-bond acceptors (Lipinski definition) is 6. The fourth-order valence-electron chi connectivity index (χ4n) is 4.70. The van der Waals surface area contributed by atoms with E-state index in [1.54, 1.807) is 28.9 Å². The number of hydrazone groups is 1. The molecule has 3 heterocycles. The maximum absolute atomic E-state index is 13.2. The molecule has 1 aromatic carbocycles. The first-order valence-electron chi connectivity index (χ1n) is 12.0. The van der Waals surface area contributed by atoms with Crippen LogP contribution in [0.4, 0.5) is 20.2 Å². The van der Waals surface area contributed by atoms with Crippen molar-refractivity contribution in [1.29, 1.82) is 0 Å². The van der Waals surface area contributed by atoms with Gasteiger partial charge in [0.25, 0.3) is 11.8 Å². The molecule has 1 saturated carbocycles. The third-order valence-electron chi connectivity index (χ3n) is 6.99. The molecule has 5 N–H and O–H groups in total. The van der Waals surface area contributed by atoms with Gasteiger partial charge in [-0.05, 0) is 43.0 Å². The molecule has 9 nitrogen and oxygen atoms in total. The van der Waals surface area contributed by atoms with Gasteiger partial charge in [0, 0.05) is 49.1 Å². The monoisotopic (exact) mass is 496 g/mol. The Kier molecular flexibility index (Phi) is 6.03. The molecule has 190 valence electrons. The first-order chi connectivity index (χ1) is 17.1. The third-order valence-corrected chi connectivity index (χ3v) is 6.99. The molecule has 0 radical (unpaired) electrons. The Labute approximate surface area is 207 Å². The fourth-order valence-corrected chi connectivity index (χ4v) is 4.70. The molecular formula is C25H30F2N8O. The quantitative estimate of drug-likeness (QED) is 0.209. The molecule has 0 bridgehead atoms. The number of alkyl halides is 2. The highest BCUT2D eigenvalue weighted by molar-refractivity contribution is 6.10. The van der Waals surface area contributed by atoms with Gasteiger partial charge in [-0.2, -0.15) is 5.10 Å². The van der Waals surface area contributed by atoms with Crippen LogP contribution in [0.25, 0.3) is 5.52 Å². The summed E-state index contributed by atoms with van der Waals surface area (Å²) in [6.45, 7) is 6.08. The van der Waals surface area contributed by atoms with Gasteiger partial charge in [0.15, 0.2) is 5.84 Å². The highest BCUT2D eigenvalue weighted by atomic mass is 19.3. The van der Waals surface area contributed by atoms with Crippen molar-refractivity contribution in [1.82, 2.24) is 14.7 Å². The topological polar surface area (TPSA) is 117 Å². The van der Waals surface area contributed by atoms with Crippen molar-refractivity contribution in [2.45, 2.75) is 45.1 Å². The van der Waals surface area contributed by atoms with Crippen molar-refractivity contribution >= 4 is 28.6 Å². The number of hydrogen-bond donors (Lipinski definition) is 3. The second-order valence-electron chi connectivity index (χ2n) is 9.88. The van der Waals surface area contributed by atoms with Gasteiger partial charge in [0.05, 0.1) is 23.3 Å². The van der Waals surface area contributed by atoms with Crippen LogP contribution in [0, 0.1) is 12.8 Å². The van der Waals surface area contributed by atoms with E-state index in [4.69, 9.17) is 11.6 Å². The molecular weight excluding hydrogens is 466 g/mol. The van der Waals surface area contributed by atoms with E-state index in [9.17, 15) is 13.6 Å². The number of amides is 1. The van der Waals surface area contributed by atoms with E-state index in [1.807, 2.05) is 25.3 Å². The maximum Gasteiger partial charge on any atom is 0.259 e. The molecule has 5 rings (SSSR count). The van der Waals surface area contributed by atoms with Crippen LogP contribution in [0.2, 0.25) is 0 Å². The summed E-state index contributed by atoms with van der Waals surface area (Å²) < 4.78 is 28.0. The summed E-state index contributed by atoms with van der Waals surface area (Å²) >= 11 is 0. The minimum Gasteiger partial charge on any atom is -0.382 e. The molecule has 1 amide bonds. The second kappa shape index (κ2) is 9.05. The number of anilines is 2. The van der Waals surface area contributed by atoms with Crippen LogP contribution in [-0.4, -0.2) is 51.5 Å². The standard InChI is InChI=1S/C25H30F2N8O/c1-15-5-7-33(14-15)18-6-8-34-22(10-18)20(13-30-34)24(36)31-21-9-17(4-3-16(21)2)23(28)32-35(29)19-11-25(26,27)12-19/h3-4,6,8-10,13,15,19H,5,7,11-12,14,29H2,1-2H3,(H2,28,32)(H,31,36). The van der Waals surface area contributed by atoms with Gasteiger partial charge in [-0.1, -0.05) is 19.1 Å². The van der Waals surface area contributed by atoms with Crippen molar-refractivity contribution in [2.24, 2.45) is 22.6 Å². The lowest BCUT2D eigenvalue weighted by molar-refractivity contribution is -0.124. The molecule has 1 atom stereocenters. The van der Waals surface area contributed by atoms with Gasteiger partial charge in [-0.3, -0.25) is 4.79 Å². The Hall–Kier alpha value is -3.73. The number of nitrogens with two attached hydrogens (primary N) is 2. The number of pyridine rings is 1. The van der Waals surface area contributed by atoms with Gasteiger partial charge in [0.1, 0.15) is 0 Å². The van der Waals surface area contributed by atoms with Crippen LogP contribution in [0.3, 0.4) is 0 Å². The number of carbonyl (C=O) groups excluding carboxylic acids is 1. The van der Waals surface area contributed by atoms with Crippen molar-refractivity contribution in [3.05, 3.63) is 59.4 Å². The van der Waals surface area contributed by atoms with Gasteiger partial charge in [-0.25, -0.2) is 24.3 Å². The van der Waals surface area contributed by atoms with E-state index in [1.165, 1.54) is 0 Å². The molecule has 3 aromatic rings. The number of benzene rings is 1. The Morgan fingerprint density at radius 1 is 1.28 bits per heavy atom. The number of aromatic nitrogens is 2. The number of halogens is 2. The van der Waals surface area contributed by atoms with E-state index in [2.05, 4.69) is 27.3 Å². The van der Waals surface area contributed by atoms with Gasteiger partial charge < -0.3 is 16.0 Å². The molecule has 2 fully saturated rings. The van der Waals surface area contributed by atoms with E-state index in [-0.39, 0.29) is 24.6 Å². The van der Waals surface area contributed by atoms with Gasteiger partial charge >= 0.3 is 0 Å². The zero-order valence-electron chi connectivity index (χ0n) is 20.3. The number of carbonyl (C=O) groups is 1. The van der Waals surface area contributed by atoms with Crippen LogP contribution in [-0.2, 0) is 0 Å². The minimum atomic E-state index is -2.71. The van der Waals surface area contributed by atoms with Crippen molar-refractivity contribution in [2.75, 3.05) is 23.3 Å². The summed E-state index contributed by atoms with van der Waals surface area (Å²) in [6.07, 6.45) is 3.86. The number of aryl methyl sites for hydroxylation is 1. The average molecular weight is 497 g/mol. The van der Waals surface area contributed by atoms with Crippen LogP contribution in [0.15, 0.2) is 47.8 Å². The lowest BCUT2D eigenvalue weighted by Gasteiger charge is -2.38. The lowest BCUT2D eigenvalue weighted by atomic mass is 9.88. The van der Waals surface area contributed by atoms with Crippen LogP contribution >= 0.6 is 0 Å². The predicted octanol–water partition coefficient (Wildman–Crippen LogP) is 3.33. The molecule has 1 unspecified atom stereocenters. The number of hydrazine groups is 1. The average Bonchev–Trinajstić information content (AvgIpc) is 3.44. The molecule has 2 aromatic heterocycles. The number of fused-ring (bicyclic) bond motifs is 1.